The topological polar surface area (TPSA) is 51.2 Å². The summed E-state index contributed by atoms with van der Waals surface area (Å²) in [6.07, 6.45) is 0. The van der Waals surface area contributed by atoms with E-state index >= 15 is 0 Å². The van der Waals surface area contributed by atoms with Crippen LogP contribution in [-0.4, -0.2) is 11.6 Å². The molecule has 0 saturated carbocycles. The number of Topliss-reactive ketones (excluding diaryl/α,β-unsaturated/α-hetero) is 2. The highest BCUT2D eigenvalue weighted by atomic mass is 31.0. The van der Waals surface area contributed by atoms with E-state index in [0.29, 0.717) is 11.1 Å². The number of hydrogen-bond acceptors (Lipinski definition) is 3. The van der Waals surface area contributed by atoms with Gasteiger partial charge >= 0.3 is 0 Å². The van der Waals surface area contributed by atoms with Crippen molar-refractivity contribution in [3.05, 3.63) is 71.8 Å². The van der Waals surface area contributed by atoms with E-state index in [-0.39, 0.29) is 0 Å². The normalized spacial score (nSPS) is 8.89. The highest BCUT2D eigenvalue weighted by Crippen LogP contribution is 2.07. The van der Waals surface area contributed by atoms with Crippen molar-refractivity contribution >= 4 is 20.7 Å². The van der Waals surface area contributed by atoms with Crippen molar-refractivity contribution < 1.29 is 14.2 Å². The van der Waals surface area contributed by atoms with Crippen molar-refractivity contribution in [2.75, 3.05) is 0 Å². The lowest BCUT2D eigenvalue weighted by molar-refractivity contribution is 0.0817. The van der Waals surface area contributed by atoms with Crippen LogP contribution in [0.4, 0.5) is 0 Å². The average molecular weight is 258 g/mol. The second-order valence-corrected chi connectivity index (χ2v) is 3.39. The van der Waals surface area contributed by atoms with Crippen molar-refractivity contribution in [2.45, 2.75) is 0 Å². The van der Waals surface area contributed by atoms with Gasteiger partial charge in [-0.05, 0) is 0 Å². The van der Waals surface area contributed by atoms with Crippen LogP contribution < -0.4 is 0 Å². The molecule has 0 radical (unpaired) electrons. The fraction of sp³-hybridized carbons (Fsp3) is 0. The number of carbonyl (C=O) groups is 2. The molecule has 0 aliphatic carbocycles. The summed E-state index contributed by atoms with van der Waals surface area (Å²) in [5.74, 6) is -0.932. The van der Waals surface area contributed by atoms with Gasteiger partial charge in [0.15, 0.2) is 0 Å². The Morgan fingerprint density at radius 3 is 1.17 bits per heavy atom. The third kappa shape index (κ3) is 3.44. The maximum atomic E-state index is 11.8. The van der Waals surface area contributed by atoms with Gasteiger partial charge in [-0.2, -0.15) is 0 Å². The Hall–Kier alpha value is -2.12. The third-order valence-corrected chi connectivity index (χ3v) is 2.28. The third-order valence-electron chi connectivity index (χ3n) is 2.28. The Morgan fingerprint density at radius 1 is 0.611 bits per heavy atom. The Kier molecular flexibility index (Phi) is 5.62. The number of rotatable bonds is 3. The Morgan fingerprint density at radius 2 is 0.889 bits per heavy atom. The van der Waals surface area contributed by atoms with Gasteiger partial charge in [-0.3, -0.25) is 14.2 Å². The smallest absolute Gasteiger partial charge is 0.233 e. The van der Waals surface area contributed by atoms with Gasteiger partial charge < -0.3 is 0 Å². The van der Waals surface area contributed by atoms with Crippen LogP contribution in [0.15, 0.2) is 60.7 Å². The van der Waals surface area contributed by atoms with E-state index in [4.69, 9.17) is 4.57 Å². The van der Waals surface area contributed by atoms with E-state index < -0.39 is 11.6 Å². The molecular weight excluding hydrogens is 247 g/mol. The second kappa shape index (κ2) is 7.25. The van der Waals surface area contributed by atoms with Gasteiger partial charge in [-0.25, -0.2) is 0 Å². The van der Waals surface area contributed by atoms with E-state index in [1.807, 2.05) is 12.1 Å². The fourth-order valence-corrected chi connectivity index (χ4v) is 1.44. The lowest BCUT2D eigenvalue weighted by atomic mass is 10.0. The summed E-state index contributed by atoms with van der Waals surface area (Å²) < 4.78 is 8.06. The molecule has 2 aromatic rings. The maximum Gasteiger partial charge on any atom is 0.233 e. The van der Waals surface area contributed by atoms with Crippen molar-refractivity contribution in [1.82, 2.24) is 0 Å². The SMILES string of the molecule is O=C(C(=O)c1ccccc1)c1ccccc1.O=P. The summed E-state index contributed by atoms with van der Waals surface area (Å²) in [5, 5.41) is 0. The molecule has 0 bridgehead atoms. The molecule has 0 aromatic heterocycles. The van der Waals surface area contributed by atoms with Crippen LogP contribution in [-0.2, 0) is 4.57 Å². The molecule has 2 aromatic carbocycles. The molecule has 0 spiro atoms. The van der Waals surface area contributed by atoms with E-state index in [2.05, 4.69) is 0 Å². The number of ketones is 2. The Bertz CT molecular complexity index is 474. The fourth-order valence-electron chi connectivity index (χ4n) is 1.44. The molecule has 0 aliphatic heterocycles. The van der Waals surface area contributed by atoms with Crippen molar-refractivity contribution in [3.63, 3.8) is 0 Å². The quantitative estimate of drug-likeness (QED) is 0.482. The zero-order chi connectivity index (χ0) is 13.4. The van der Waals surface area contributed by atoms with Gasteiger partial charge in [-0.15, -0.1) is 0 Å². The van der Waals surface area contributed by atoms with Gasteiger partial charge in [0.25, 0.3) is 0 Å². The summed E-state index contributed by atoms with van der Waals surface area (Å²) in [6, 6.07) is 17.2. The maximum absolute atomic E-state index is 11.8. The van der Waals surface area contributed by atoms with Crippen LogP contribution in [0.5, 0.6) is 0 Å². The van der Waals surface area contributed by atoms with Gasteiger partial charge in [0.2, 0.25) is 11.6 Å². The Balaban J connectivity index is 0.000000771. The predicted molar refractivity (Wildman–Crippen MR) is 70.5 cm³/mol. The lowest BCUT2D eigenvalue weighted by Crippen LogP contribution is -2.14. The molecule has 0 amide bonds. The van der Waals surface area contributed by atoms with Crippen LogP contribution in [0.1, 0.15) is 20.7 Å². The minimum Gasteiger partial charge on any atom is -0.285 e. The first-order valence-electron chi connectivity index (χ1n) is 5.18. The number of benzene rings is 2. The standard InChI is InChI=1S/C14H10O2.HOP/c15-13(11-7-3-1-4-8-11)14(16)12-9-5-2-6-10-12;1-2/h1-10H;2H. The molecule has 0 saturated heterocycles. The molecule has 0 aliphatic rings. The minimum absolute atomic E-state index is 0.427. The number of hydrogen-bond donors (Lipinski definition) is 0. The highest BCUT2D eigenvalue weighted by Gasteiger charge is 2.16. The minimum atomic E-state index is -0.466. The highest BCUT2D eigenvalue weighted by molar-refractivity contribution is 7.00. The van der Waals surface area contributed by atoms with Crippen LogP contribution in [0, 0.1) is 0 Å². The zero-order valence-electron chi connectivity index (χ0n) is 9.50. The van der Waals surface area contributed by atoms with Gasteiger partial charge in [0.05, 0.1) is 0 Å². The summed E-state index contributed by atoms with van der Waals surface area (Å²) >= 11 is 0. The van der Waals surface area contributed by atoms with Crippen LogP contribution in [0.2, 0.25) is 0 Å². The second-order valence-electron chi connectivity index (χ2n) is 3.39. The van der Waals surface area contributed by atoms with E-state index in [1.165, 1.54) is 0 Å². The molecule has 3 nitrogen and oxygen atoms in total. The van der Waals surface area contributed by atoms with Crippen molar-refractivity contribution in [3.8, 4) is 0 Å². The van der Waals surface area contributed by atoms with Gasteiger partial charge in [-0.1, -0.05) is 60.7 Å². The summed E-state index contributed by atoms with van der Waals surface area (Å²) in [4.78, 5) is 23.6. The monoisotopic (exact) mass is 258 g/mol. The Labute approximate surface area is 107 Å². The summed E-state index contributed by atoms with van der Waals surface area (Å²) in [6.45, 7) is 0. The van der Waals surface area contributed by atoms with Crippen molar-refractivity contribution in [1.29, 1.82) is 0 Å². The van der Waals surface area contributed by atoms with Gasteiger partial charge in [0, 0.05) is 11.1 Å². The molecule has 2 rings (SSSR count). The molecule has 0 heterocycles. The molecule has 0 fully saturated rings. The van der Waals surface area contributed by atoms with Crippen molar-refractivity contribution in [2.24, 2.45) is 0 Å². The van der Waals surface area contributed by atoms with E-state index in [1.54, 1.807) is 57.7 Å². The predicted octanol–water partition coefficient (Wildman–Crippen LogP) is 3.23. The van der Waals surface area contributed by atoms with Gasteiger partial charge in [0.1, 0.15) is 9.12 Å². The molecule has 18 heavy (non-hydrogen) atoms. The summed E-state index contributed by atoms with van der Waals surface area (Å²) in [5.41, 5.74) is 0.854. The van der Waals surface area contributed by atoms with E-state index in [9.17, 15) is 9.59 Å². The van der Waals surface area contributed by atoms with Crippen LogP contribution in [0.3, 0.4) is 0 Å². The lowest BCUT2D eigenvalue weighted by Gasteiger charge is -1.99. The molecule has 0 N–H and O–H groups in total. The summed E-state index contributed by atoms with van der Waals surface area (Å²) in [7, 11) is 1.72. The molecular formula is C14H11O3P. The number of carbonyl (C=O) groups excluding carboxylic acids is 2. The first-order valence-corrected chi connectivity index (χ1v) is 5.59. The van der Waals surface area contributed by atoms with Crippen LogP contribution >= 0.6 is 9.12 Å². The largest absolute Gasteiger partial charge is 0.285 e. The van der Waals surface area contributed by atoms with Crippen LogP contribution in [0.25, 0.3) is 0 Å². The zero-order valence-corrected chi connectivity index (χ0v) is 10.5. The molecule has 0 atom stereocenters. The average Bonchev–Trinajstić information content (AvgIpc) is 2.49. The first kappa shape index (κ1) is 13.9. The first-order chi connectivity index (χ1) is 8.79. The molecule has 0 unspecified atom stereocenters. The molecule has 90 valence electrons. The molecule has 4 heteroatoms. The van der Waals surface area contributed by atoms with E-state index in [0.717, 1.165) is 0 Å².